The summed E-state index contributed by atoms with van der Waals surface area (Å²) in [6.07, 6.45) is 26.6. The quantitative estimate of drug-likeness (QED) is 0.117. The first kappa shape index (κ1) is 28.9. The molecule has 0 aromatic heterocycles. The molecule has 4 heteroatoms. The van der Waals surface area contributed by atoms with Crippen molar-refractivity contribution in [1.29, 1.82) is 0 Å². The number of hydrogen-bond acceptors (Lipinski definition) is 2. The Hall–Kier alpha value is -1.16. The molecule has 186 valence electrons. The van der Waals surface area contributed by atoms with Crippen molar-refractivity contribution in [2.24, 2.45) is 4.99 Å². The number of nitrogens with zero attached hydrogens (tertiary/aromatic N) is 2. The summed E-state index contributed by atoms with van der Waals surface area (Å²) in [6.45, 7) is 11.1. The van der Waals surface area contributed by atoms with E-state index in [4.69, 9.17) is 4.99 Å². The Morgan fingerprint density at radius 3 is 1.94 bits per heavy atom. The fraction of sp³-hybridized carbons (Fsp3) is 0.857. The molecule has 1 N–H and O–H groups in total. The van der Waals surface area contributed by atoms with Crippen molar-refractivity contribution in [1.82, 2.24) is 5.32 Å². The SMILES string of the molecule is CCCCCCCCCCCCCCCC/C=C/CC1=NCC[N+]1(CC)C(C)NC(C)=O. The lowest BCUT2D eigenvalue weighted by atomic mass is 10.0. The minimum absolute atomic E-state index is 0.0445. The number of hydrogen-bond donors (Lipinski definition) is 1. The van der Waals surface area contributed by atoms with Crippen LogP contribution in [0.25, 0.3) is 0 Å². The Bertz CT molecular complexity index is 543. The lowest BCUT2D eigenvalue weighted by Crippen LogP contribution is -2.62. The molecule has 0 aromatic carbocycles. The van der Waals surface area contributed by atoms with Crippen molar-refractivity contribution in [3.05, 3.63) is 12.2 Å². The van der Waals surface area contributed by atoms with Crippen LogP contribution in [0.1, 0.15) is 130 Å². The van der Waals surface area contributed by atoms with Gasteiger partial charge in [-0.05, 0) is 19.8 Å². The van der Waals surface area contributed by atoms with Crippen molar-refractivity contribution in [2.75, 3.05) is 19.6 Å². The fourth-order valence-electron chi connectivity index (χ4n) is 5.09. The maximum atomic E-state index is 11.5. The van der Waals surface area contributed by atoms with Gasteiger partial charge in [-0.25, -0.2) is 4.99 Å². The monoisotopic (exact) mass is 448 g/mol. The minimum Gasteiger partial charge on any atom is -0.307 e. The highest BCUT2D eigenvalue weighted by atomic mass is 16.1. The molecule has 4 nitrogen and oxygen atoms in total. The van der Waals surface area contributed by atoms with Crippen LogP contribution in [0.4, 0.5) is 0 Å². The van der Waals surface area contributed by atoms with E-state index >= 15 is 0 Å². The molecule has 0 radical (unpaired) electrons. The molecule has 1 aliphatic heterocycles. The Morgan fingerprint density at radius 2 is 1.44 bits per heavy atom. The van der Waals surface area contributed by atoms with Crippen molar-refractivity contribution in [3.63, 3.8) is 0 Å². The predicted molar refractivity (Wildman–Crippen MR) is 140 cm³/mol. The third kappa shape index (κ3) is 11.6. The van der Waals surface area contributed by atoms with Gasteiger partial charge < -0.3 is 5.32 Å². The van der Waals surface area contributed by atoms with Gasteiger partial charge in [-0.1, -0.05) is 103 Å². The molecule has 1 heterocycles. The molecule has 0 aliphatic carbocycles. The van der Waals surface area contributed by atoms with Crippen molar-refractivity contribution < 1.29 is 9.28 Å². The van der Waals surface area contributed by atoms with Crippen LogP contribution in [-0.4, -0.2) is 42.0 Å². The van der Waals surface area contributed by atoms with E-state index in [1.165, 1.54) is 102 Å². The summed E-state index contributed by atoms with van der Waals surface area (Å²) in [5.41, 5.74) is 0. The summed E-state index contributed by atoms with van der Waals surface area (Å²) in [4.78, 5) is 16.3. The van der Waals surface area contributed by atoms with Gasteiger partial charge in [0.15, 0.2) is 6.17 Å². The summed E-state index contributed by atoms with van der Waals surface area (Å²) < 4.78 is 0.808. The number of aliphatic imine (C=N–C) groups is 1. The summed E-state index contributed by atoms with van der Waals surface area (Å²) in [7, 11) is 0. The molecule has 2 atom stereocenters. The van der Waals surface area contributed by atoms with Crippen LogP contribution in [0.15, 0.2) is 17.1 Å². The van der Waals surface area contributed by atoms with Crippen LogP contribution >= 0.6 is 0 Å². The zero-order chi connectivity index (χ0) is 23.5. The topological polar surface area (TPSA) is 41.5 Å². The maximum Gasteiger partial charge on any atom is 0.221 e. The largest absolute Gasteiger partial charge is 0.307 e. The molecule has 0 bridgehead atoms. The van der Waals surface area contributed by atoms with E-state index in [0.717, 1.165) is 30.5 Å². The molecule has 32 heavy (non-hydrogen) atoms. The molecule has 1 amide bonds. The third-order valence-electron chi connectivity index (χ3n) is 7.22. The van der Waals surface area contributed by atoms with E-state index in [9.17, 15) is 4.79 Å². The Kier molecular flexibility index (Phi) is 16.5. The number of likely N-dealkylation sites (N-methyl/N-ethyl adjacent to an activating group) is 1. The molecule has 0 spiro atoms. The minimum atomic E-state index is 0.0445. The Morgan fingerprint density at radius 1 is 0.906 bits per heavy atom. The van der Waals surface area contributed by atoms with E-state index in [1.54, 1.807) is 6.92 Å². The van der Waals surface area contributed by atoms with Crippen molar-refractivity contribution in [2.45, 2.75) is 137 Å². The number of rotatable bonds is 20. The van der Waals surface area contributed by atoms with Gasteiger partial charge in [-0.15, -0.1) is 0 Å². The standard InChI is InChI=1S/C28H53N3O/c1-5-7-8-9-10-11-12-13-14-15-16-17-18-19-20-21-22-23-28-29-24-25-31(28,6-2)26(3)30-27(4)32/h21-22,26H,5-20,23-25H2,1-4H3/p+1/b22-21+. The van der Waals surface area contributed by atoms with Crippen LogP contribution < -0.4 is 5.32 Å². The van der Waals surface area contributed by atoms with E-state index < -0.39 is 0 Å². The molecule has 0 saturated heterocycles. The Labute approximate surface area is 199 Å². The highest BCUT2D eigenvalue weighted by molar-refractivity contribution is 5.79. The second-order valence-corrected chi connectivity index (χ2v) is 9.81. The number of carbonyl (C=O) groups excluding carboxylic acids is 1. The zero-order valence-electron chi connectivity index (χ0n) is 22.0. The lowest BCUT2D eigenvalue weighted by Gasteiger charge is -2.39. The molecule has 1 rings (SSSR count). The Balaban J connectivity index is 2.03. The molecular formula is C28H54N3O+. The van der Waals surface area contributed by atoms with E-state index in [0.29, 0.717) is 0 Å². The predicted octanol–water partition coefficient (Wildman–Crippen LogP) is 7.54. The van der Waals surface area contributed by atoms with Gasteiger partial charge in [-0.3, -0.25) is 9.28 Å². The van der Waals surface area contributed by atoms with Gasteiger partial charge >= 0.3 is 0 Å². The van der Waals surface area contributed by atoms with E-state index in [2.05, 4.69) is 38.2 Å². The van der Waals surface area contributed by atoms with Crippen LogP contribution in [0.3, 0.4) is 0 Å². The van der Waals surface area contributed by atoms with E-state index in [1.807, 2.05) is 0 Å². The number of unbranched alkanes of at least 4 members (excludes halogenated alkanes) is 14. The number of amidine groups is 1. The lowest BCUT2D eigenvalue weighted by molar-refractivity contribution is -0.861. The average Bonchev–Trinajstić information content (AvgIpc) is 3.19. The van der Waals surface area contributed by atoms with Crippen LogP contribution in [0.5, 0.6) is 0 Å². The van der Waals surface area contributed by atoms with Gasteiger partial charge in [0.2, 0.25) is 11.7 Å². The number of quaternary nitrogens is 1. The third-order valence-corrected chi connectivity index (χ3v) is 7.22. The van der Waals surface area contributed by atoms with Gasteiger partial charge in [0, 0.05) is 13.8 Å². The van der Waals surface area contributed by atoms with Crippen molar-refractivity contribution >= 4 is 11.7 Å². The van der Waals surface area contributed by atoms with Gasteiger partial charge in [0.05, 0.1) is 19.5 Å². The van der Waals surface area contributed by atoms with Crippen LogP contribution in [0, 0.1) is 0 Å². The smallest absolute Gasteiger partial charge is 0.221 e. The summed E-state index contributed by atoms with van der Waals surface area (Å²) in [5, 5.41) is 3.09. The number of amides is 1. The molecule has 2 unspecified atom stereocenters. The molecular weight excluding hydrogens is 394 g/mol. The van der Waals surface area contributed by atoms with Gasteiger partial charge in [-0.2, -0.15) is 0 Å². The summed E-state index contributed by atoms with van der Waals surface area (Å²) >= 11 is 0. The first-order valence-electron chi connectivity index (χ1n) is 13.9. The molecule has 0 saturated carbocycles. The zero-order valence-corrected chi connectivity index (χ0v) is 22.0. The second kappa shape index (κ2) is 18.3. The highest BCUT2D eigenvalue weighted by Crippen LogP contribution is 2.22. The summed E-state index contributed by atoms with van der Waals surface area (Å²) in [6, 6.07) is 0. The number of carbonyl (C=O) groups is 1. The number of allylic oxidation sites excluding steroid dienone is 1. The maximum absolute atomic E-state index is 11.5. The normalized spacial score (nSPS) is 19.4. The second-order valence-electron chi connectivity index (χ2n) is 9.81. The van der Waals surface area contributed by atoms with Gasteiger partial charge in [0.1, 0.15) is 6.54 Å². The number of nitrogens with one attached hydrogen (secondary N) is 1. The average molecular weight is 449 g/mol. The van der Waals surface area contributed by atoms with Crippen molar-refractivity contribution in [3.8, 4) is 0 Å². The van der Waals surface area contributed by atoms with Crippen LogP contribution in [-0.2, 0) is 4.79 Å². The highest BCUT2D eigenvalue weighted by Gasteiger charge is 2.41. The van der Waals surface area contributed by atoms with Gasteiger partial charge in [0.25, 0.3) is 0 Å². The van der Waals surface area contributed by atoms with Crippen LogP contribution in [0.2, 0.25) is 0 Å². The fourth-order valence-corrected chi connectivity index (χ4v) is 5.09. The first-order chi connectivity index (χ1) is 15.6. The molecule has 0 fully saturated rings. The van der Waals surface area contributed by atoms with E-state index in [-0.39, 0.29) is 12.1 Å². The molecule has 0 aromatic rings. The first-order valence-corrected chi connectivity index (χ1v) is 13.9. The molecule has 1 aliphatic rings. The summed E-state index contributed by atoms with van der Waals surface area (Å²) in [5.74, 6) is 1.27.